The largest absolute Gasteiger partial charge is 0.399 e. The average molecular weight is 252 g/mol. The van der Waals surface area contributed by atoms with Crippen LogP contribution in [-0.4, -0.2) is 17.4 Å². The number of amides is 1. The Hall–Kier alpha value is -1.16. The van der Waals surface area contributed by atoms with Crippen molar-refractivity contribution in [3.05, 3.63) is 23.8 Å². The number of rotatable bonds is 6. The molecule has 17 heavy (non-hydrogen) atoms. The number of hydrogen-bond acceptors (Lipinski definition) is 3. The number of hydrogen-bond donors (Lipinski definition) is 2. The maximum atomic E-state index is 11.7. The van der Waals surface area contributed by atoms with Crippen LogP contribution < -0.4 is 11.1 Å². The Morgan fingerprint density at radius 3 is 2.82 bits per heavy atom. The van der Waals surface area contributed by atoms with Crippen LogP contribution in [0.2, 0.25) is 0 Å². The highest BCUT2D eigenvalue weighted by Gasteiger charge is 2.04. The summed E-state index contributed by atoms with van der Waals surface area (Å²) in [7, 11) is 0. The minimum atomic E-state index is 0.0708. The normalized spacial score (nSPS) is 10.2. The van der Waals surface area contributed by atoms with Gasteiger partial charge in [-0.3, -0.25) is 4.79 Å². The molecule has 3 nitrogen and oxygen atoms in total. The van der Waals surface area contributed by atoms with Crippen LogP contribution in [0.5, 0.6) is 0 Å². The molecule has 0 atom stereocenters. The number of aryl methyl sites for hydroxylation is 1. The van der Waals surface area contributed by atoms with Gasteiger partial charge in [0.2, 0.25) is 5.91 Å². The fourth-order valence-electron chi connectivity index (χ4n) is 1.45. The molecule has 0 heterocycles. The summed E-state index contributed by atoms with van der Waals surface area (Å²) in [5.41, 5.74) is 8.23. The smallest absolute Gasteiger partial charge is 0.225 e. The summed E-state index contributed by atoms with van der Waals surface area (Å²) >= 11 is 1.82. The van der Waals surface area contributed by atoms with Gasteiger partial charge in [0.15, 0.2) is 0 Å². The molecule has 0 aliphatic carbocycles. The van der Waals surface area contributed by atoms with Crippen LogP contribution in [0, 0.1) is 6.92 Å². The molecule has 1 amide bonds. The van der Waals surface area contributed by atoms with Crippen molar-refractivity contribution in [2.45, 2.75) is 26.7 Å². The van der Waals surface area contributed by atoms with Gasteiger partial charge in [0.25, 0.3) is 0 Å². The first kappa shape index (κ1) is 13.9. The van der Waals surface area contributed by atoms with Gasteiger partial charge in [0.1, 0.15) is 0 Å². The lowest BCUT2D eigenvalue weighted by molar-refractivity contribution is -0.115. The standard InChI is InChI=1S/C13H20N2OS/c1-3-7-17-8-6-13(16)15-12-5-4-11(14)9-10(12)2/h4-5,9H,3,6-8,14H2,1-2H3,(H,15,16). The van der Waals surface area contributed by atoms with Gasteiger partial charge in [0, 0.05) is 23.5 Å². The van der Waals surface area contributed by atoms with Crippen molar-refractivity contribution in [3.8, 4) is 0 Å². The predicted octanol–water partition coefficient (Wildman–Crippen LogP) is 3.05. The number of nitrogens with two attached hydrogens (primary N) is 1. The third-order valence-corrected chi connectivity index (χ3v) is 3.54. The van der Waals surface area contributed by atoms with Crippen LogP contribution in [-0.2, 0) is 4.79 Å². The molecule has 0 aromatic heterocycles. The molecular weight excluding hydrogens is 232 g/mol. The average Bonchev–Trinajstić information content (AvgIpc) is 2.28. The quantitative estimate of drug-likeness (QED) is 0.604. The van der Waals surface area contributed by atoms with E-state index in [0.717, 1.165) is 34.9 Å². The van der Waals surface area contributed by atoms with Crippen LogP contribution in [0.4, 0.5) is 11.4 Å². The summed E-state index contributed by atoms with van der Waals surface area (Å²) in [6, 6.07) is 5.51. The first-order chi connectivity index (χ1) is 8.13. The first-order valence-electron chi connectivity index (χ1n) is 5.87. The van der Waals surface area contributed by atoms with Crippen molar-refractivity contribution >= 4 is 29.0 Å². The molecular formula is C13H20N2OS. The van der Waals surface area contributed by atoms with Crippen molar-refractivity contribution < 1.29 is 4.79 Å². The summed E-state index contributed by atoms with van der Waals surface area (Å²) in [5.74, 6) is 2.07. The van der Waals surface area contributed by atoms with Crippen LogP contribution >= 0.6 is 11.8 Å². The lowest BCUT2D eigenvalue weighted by Gasteiger charge is -2.08. The number of nitrogens with one attached hydrogen (secondary N) is 1. The van der Waals surface area contributed by atoms with Gasteiger partial charge in [-0.15, -0.1) is 0 Å². The monoisotopic (exact) mass is 252 g/mol. The Morgan fingerprint density at radius 1 is 1.41 bits per heavy atom. The van der Waals surface area contributed by atoms with Crippen LogP contribution in [0.25, 0.3) is 0 Å². The molecule has 0 radical (unpaired) electrons. The molecule has 0 bridgehead atoms. The highest BCUT2D eigenvalue weighted by molar-refractivity contribution is 7.99. The van der Waals surface area contributed by atoms with Crippen molar-refractivity contribution in [1.82, 2.24) is 0 Å². The van der Waals surface area contributed by atoms with E-state index >= 15 is 0 Å². The fraction of sp³-hybridized carbons (Fsp3) is 0.462. The van der Waals surface area contributed by atoms with E-state index in [2.05, 4.69) is 12.2 Å². The van der Waals surface area contributed by atoms with Crippen LogP contribution in [0.3, 0.4) is 0 Å². The Morgan fingerprint density at radius 2 is 2.18 bits per heavy atom. The molecule has 94 valence electrons. The van der Waals surface area contributed by atoms with E-state index in [9.17, 15) is 4.79 Å². The van der Waals surface area contributed by atoms with Gasteiger partial charge in [-0.2, -0.15) is 11.8 Å². The molecule has 4 heteroatoms. The van der Waals surface area contributed by atoms with Crippen molar-refractivity contribution in [3.63, 3.8) is 0 Å². The van der Waals surface area contributed by atoms with Gasteiger partial charge >= 0.3 is 0 Å². The maximum absolute atomic E-state index is 11.7. The third-order valence-electron chi connectivity index (χ3n) is 2.35. The molecule has 0 spiro atoms. The Labute approximate surface area is 107 Å². The van der Waals surface area contributed by atoms with Gasteiger partial charge < -0.3 is 11.1 Å². The van der Waals surface area contributed by atoms with Crippen LogP contribution in [0.1, 0.15) is 25.3 Å². The number of carbonyl (C=O) groups excluding carboxylic acids is 1. The van der Waals surface area contributed by atoms with E-state index in [4.69, 9.17) is 5.73 Å². The SMILES string of the molecule is CCCSCCC(=O)Nc1ccc(N)cc1C. The van der Waals surface area contributed by atoms with E-state index in [1.807, 2.05) is 30.8 Å². The molecule has 0 saturated heterocycles. The third kappa shape index (κ3) is 5.13. The molecule has 0 saturated carbocycles. The van der Waals surface area contributed by atoms with Crippen molar-refractivity contribution in [2.24, 2.45) is 0 Å². The minimum absolute atomic E-state index is 0.0708. The lowest BCUT2D eigenvalue weighted by atomic mass is 10.2. The van der Waals surface area contributed by atoms with E-state index in [1.165, 1.54) is 0 Å². The molecule has 3 N–H and O–H groups in total. The highest BCUT2D eigenvalue weighted by Crippen LogP contribution is 2.18. The highest BCUT2D eigenvalue weighted by atomic mass is 32.2. The fourth-order valence-corrected chi connectivity index (χ4v) is 2.27. The van der Waals surface area contributed by atoms with E-state index in [-0.39, 0.29) is 5.91 Å². The topological polar surface area (TPSA) is 55.1 Å². The summed E-state index contributed by atoms with van der Waals surface area (Å²) < 4.78 is 0. The number of nitrogen functional groups attached to an aromatic ring is 1. The van der Waals surface area contributed by atoms with Gasteiger partial charge in [0.05, 0.1) is 0 Å². The maximum Gasteiger partial charge on any atom is 0.225 e. The van der Waals surface area contributed by atoms with Gasteiger partial charge in [-0.05, 0) is 42.9 Å². The van der Waals surface area contributed by atoms with Gasteiger partial charge in [-0.1, -0.05) is 6.92 Å². The first-order valence-corrected chi connectivity index (χ1v) is 7.02. The van der Waals surface area contributed by atoms with Crippen LogP contribution in [0.15, 0.2) is 18.2 Å². The van der Waals surface area contributed by atoms with E-state index in [1.54, 1.807) is 6.07 Å². The number of anilines is 2. The second-order valence-corrected chi connectivity index (χ2v) is 5.21. The molecule has 0 aliphatic rings. The second-order valence-electron chi connectivity index (χ2n) is 3.98. The molecule has 0 fully saturated rings. The van der Waals surface area contributed by atoms with Gasteiger partial charge in [-0.25, -0.2) is 0 Å². The zero-order valence-electron chi connectivity index (χ0n) is 10.5. The summed E-state index contributed by atoms with van der Waals surface area (Å²) in [6.45, 7) is 4.09. The zero-order valence-corrected chi connectivity index (χ0v) is 11.3. The Bertz CT molecular complexity index is 380. The zero-order chi connectivity index (χ0) is 12.7. The number of thioether (sulfide) groups is 1. The Balaban J connectivity index is 2.40. The molecule has 1 aromatic rings. The van der Waals surface area contributed by atoms with Crippen molar-refractivity contribution in [2.75, 3.05) is 22.6 Å². The molecule has 0 unspecified atom stereocenters. The van der Waals surface area contributed by atoms with E-state index in [0.29, 0.717) is 6.42 Å². The second kappa shape index (κ2) is 7.22. The van der Waals surface area contributed by atoms with E-state index < -0.39 is 0 Å². The van der Waals surface area contributed by atoms with Crippen molar-refractivity contribution in [1.29, 1.82) is 0 Å². The number of carbonyl (C=O) groups is 1. The predicted molar refractivity (Wildman–Crippen MR) is 76.5 cm³/mol. The summed E-state index contributed by atoms with van der Waals surface area (Å²) in [4.78, 5) is 11.7. The molecule has 1 aromatic carbocycles. The number of benzene rings is 1. The lowest BCUT2D eigenvalue weighted by Crippen LogP contribution is -2.13. The molecule has 0 aliphatic heterocycles. The Kier molecular flexibility index (Phi) is 5.91. The summed E-state index contributed by atoms with van der Waals surface area (Å²) in [6.07, 6.45) is 1.72. The summed E-state index contributed by atoms with van der Waals surface area (Å²) in [5, 5.41) is 2.91. The minimum Gasteiger partial charge on any atom is -0.399 e. The molecule has 1 rings (SSSR count).